The van der Waals surface area contributed by atoms with Crippen molar-refractivity contribution in [1.29, 1.82) is 0 Å². The Balaban J connectivity index is 0.00000181. The molecule has 226 valence electrons. The molecule has 0 bridgehead atoms. The summed E-state index contributed by atoms with van der Waals surface area (Å²) >= 11 is 0. The molecule has 1 aromatic carbocycles. The molecule has 0 unspecified atom stereocenters. The van der Waals surface area contributed by atoms with Gasteiger partial charge in [0, 0.05) is 24.7 Å². The number of carboxylic acid groups (broad SMARTS) is 2. The number of hydrogen-bond donors (Lipinski definition) is 6. The smallest absolute Gasteiger partial charge is 0.326 e. The lowest BCUT2D eigenvalue weighted by Gasteiger charge is -2.19. The van der Waals surface area contributed by atoms with Crippen LogP contribution in [0.25, 0.3) is 11.2 Å². The van der Waals surface area contributed by atoms with Crippen LogP contribution in [0.2, 0.25) is 0 Å². The summed E-state index contributed by atoms with van der Waals surface area (Å²) in [5.41, 5.74) is 18.9. The minimum absolute atomic E-state index is 0. The molecule has 41 heavy (non-hydrogen) atoms. The third-order valence-electron chi connectivity index (χ3n) is 5.53. The number of anilines is 3. The normalized spacial score (nSPS) is 10.7. The molecule has 0 spiro atoms. The molecule has 3 rings (SSSR count). The van der Waals surface area contributed by atoms with Crippen molar-refractivity contribution in [1.82, 2.24) is 25.3 Å². The summed E-state index contributed by atoms with van der Waals surface area (Å²) < 4.78 is 0. The van der Waals surface area contributed by atoms with Crippen LogP contribution in [0.3, 0.4) is 0 Å². The van der Waals surface area contributed by atoms with Crippen molar-refractivity contribution in [2.75, 3.05) is 30.0 Å². The zero-order valence-electron chi connectivity index (χ0n) is 22.9. The van der Waals surface area contributed by atoms with Gasteiger partial charge in [-0.3, -0.25) is 9.59 Å². The van der Waals surface area contributed by atoms with Crippen molar-refractivity contribution in [3.8, 4) is 0 Å². The lowest BCUT2D eigenvalue weighted by atomic mass is 10.1. The number of nitrogens with two attached hydrogens (primary N) is 3. The summed E-state index contributed by atoms with van der Waals surface area (Å²) in [5.74, 6) is -2.91. The number of aromatic nitrogens is 4. The number of benzene rings is 1. The number of carboxylic acids is 2. The number of nitrogen functional groups attached to an aromatic ring is 2. The fourth-order valence-electron chi connectivity index (χ4n) is 3.42. The monoisotopic (exact) mass is 595 g/mol. The minimum atomic E-state index is -1.30. The van der Waals surface area contributed by atoms with Crippen LogP contribution in [0.1, 0.15) is 55.1 Å². The maximum atomic E-state index is 12.4. The van der Waals surface area contributed by atoms with Crippen molar-refractivity contribution >= 4 is 58.9 Å². The van der Waals surface area contributed by atoms with Crippen LogP contribution in [0, 0.1) is 0 Å². The fraction of sp³-hybridized carbons (Fsp3) is 0.400. The molecule has 2 aromatic heterocycles. The van der Waals surface area contributed by atoms with E-state index in [0.717, 1.165) is 12.2 Å². The van der Waals surface area contributed by atoms with E-state index in [1.807, 2.05) is 11.9 Å². The Morgan fingerprint density at radius 3 is 2.24 bits per heavy atom. The first-order chi connectivity index (χ1) is 18.5. The maximum absolute atomic E-state index is 12.4. The number of halogens is 1. The van der Waals surface area contributed by atoms with Crippen molar-refractivity contribution < 1.29 is 30.1 Å². The average Bonchev–Trinajstić information content (AvgIpc) is 2.90. The average molecular weight is 596 g/mol. The summed E-state index contributed by atoms with van der Waals surface area (Å²) in [5, 5.41) is 20.2. The zero-order chi connectivity index (χ0) is 28.9. The molecule has 15 nitrogen and oxygen atoms in total. The molecule has 1 amide bonds. The number of unbranched alkanes of at least 4 members (excludes halogenated alkanes) is 2. The van der Waals surface area contributed by atoms with E-state index < -0.39 is 23.9 Å². The second-order valence-electron chi connectivity index (χ2n) is 8.70. The van der Waals surface area contributed by atoms with E-state index in [2.05, 4.69) is 32.2 Å². The third-order valence-corrected chi connectivity index (χ3v) is 5.53. The highest BCUT2D eigenvalue weighted by Crippen LogP contribution is 2.19. The van der Waals surface area contributed by atoms with Crippen LogP contribution < -0.4 is 27.4 Å². The quantitative estimate of drug-likeness (QED) is 0.160. The fourth-order valence-corrected chi connectivity index (χ4v) is 3.42. The van der Waals surface area contributed by atoms with Gasteiger partial charge in [-0.05, 0) is 43.7 Å². The highest BCUT2D eigenvalue weighted by atomic mass is 35.5. The highest BCUT2D eigenvalue weighted by Gasteiger charge is 2.21. The lowest BCUT2D eigenvalue weighted by Crippen LogP contribution is -2.41. The summed E-state index contributed by atoms with van der Waals surface area (Å²) in [6, 6.07) is 5.16. The molecule has 0 radical (unpaired) electrons. The molecule has 0 saturated heterocycles. The zero-order valence-corrected chi connectivity index (χ0v) is 23.7. The van der Waals surface area contributed by atoms with Crippen molar-refractivity contribution in [3.05, 3.63) is 41.7 Å². The van der Waals surface area contributed by atoms with Crippen LogP contribution in [0.4, 0.5) is 17.5 Å². The molecule has 0 saturated carbocycles. The summed E-state index contributed by atoms with van der Waals surface area (Å²) in [4.78, 5) is 52.7. The van der Waals surface area contributed by atoms with Gasteiger partial charge in [0.1, 0.15) is 6.04 Å². The molecule has 0 aliphatic rings. The predicted octanol–water partition coefficient (Wildman–Crippen LogP) is 1.00. The Kier molecular flexibility index (Phi) is 16.2. The number of rotatable bonds is 12. The number of amides is 1. The lowest BCUT2D eigenvalue weighted by molar-refractivity contribution is -0.140. The van der Waals surface area contributed by atoms with Crippen LogP contribution in [0.5, 0.6) is 0 Å². The largest absolute Gasteiger partial charge is 0.481 e. The van der Waals surface area contributed by atoms with Gasteiger partial charge in [-0.25, -0.2) is 14.8 Å². The molecular weight excluding hydrogens is 558 g/mol. The minimum Gasteiger partial charge on any atom is -0.481 e. The number of nitrogens with zero attached hydrogens (tertiary/aromatic N) is 5. The Bertz CT molecular complexity index is 1280. The first-order valence-corrected chi connectivity index (χ1v) is 12.4. The first kappa shape index (κ1) is 36.7. The summed E-state index contributed by atoms with van der Waals surface area (Å²) in [7, 11) is 1.82. The van der Waals surface area contributed by atoms with Gasteiger partial charge in [-0.2, -0.15) is 9.97 Å². The Morgan fingerprint density at radius 1 is 1.05 bits per heavy atom. The van der Waals surface area contributed by atoms with Gasteiger partial charge >= 0.3 is 11.9 Å². The van der Waals surface area contributed by atoms with Crippen molar-refractivity contribution in [2.24, 2.45) is 5.73 Å². The van der Waals surface area contributed by atoms with E-state index in [9.17, 15) is 19.5 Å². The molecular formula is C25H38ClN9O6. The van der Waals surface area contributed by atoms with Crippen LogP contribution in [-0.4, -0.2) is 73.1 Å². The standard InChI is InChI=1S/C20H22N8O5.C5H13N.ClH.H2O/c1-28(9-11-8-23-17-15(24-11)16(21)26-20(22)27-17)12-4-2-10(3-5-12)18(31)25-13(19(32)33)6-7-14(29)30;1-2-3-4-5-6;;/h2-5,8,13H,6-7,9H2,1H3,(H,25,31)(H,29,30)(H,32,33)(H4,21,22,23,26,27);2-6H2,1H3;1H;1H2/t13-;;;/m0.../s1. The molecule has 1 atom stereocenters. The van der Waals surface area contributed by atoms with Gasteiger partial charge in [0.25, 0.3) is 5.91 Å². The van der Waals surface area contributed by atoms with Crippen LogP contribution >= 0.6 is 12.4 Å². The van der Waals surface area contributed by atoms with E-state index in [1.165, 1.54) is 31.4 Å². The van der Waals surface area contributed by atoms with Crippen molar-refractivity contribution in [3.63, 3.8) is 0 Å². The Labute approximate surface area is 243 Å². The number of nitrogens with one attached hydrogen (secondary N) is 1. The van der Waals surface area contributed by atoms with E-state index >= 15 is 0 Å². The number of aliphatic carboxylic acids is 2. The van der Waals surface area contributed by atoms with Crippen LogP contribution in [-0.2, 0) is 16.1 Å². The van der Waals surface area contributed by atoms with E-state index in [0.29, 0.717) is 23.4 Å². The number of carbonyl (C=O) groups excluding carboxylic acids is 1. The van der Waals surface area contributed by atoms with Gasteiger partial charge in [0.05, 0.1) is 18.4 Å². The van der Waals surface area contributed by atoms with Gasteiger partial charge in [0.2, 0.25) is 5.95 Å². The van der Waals surface area contributed by atoms with Crippen molar-refractivity contribution in [2.45, 2.75) is 51.6 Å². The molecule has 16 heteroatoms. The predicted molar refractivity (Wildman–Crippen MR) is 158 cm³/mol. The van der Waals surface area contributed by atoms with E-state index in [4.69, 9.17) is 22.3 Å². The molecule has 0 fully saturated rings. The number of carbonyl (C=O) groups is 3. The summed E-state index contributed by atoms with van der Waals surface area (Å²) in [6.45, 7) is 3.40. The van der Waals surface area contributed by atoms with Crippen LogP contribution in [0.15, 0.2) is 30.5 Å². The van der Waals surface area contributed by atoms with E-state index in [-0.39, 0.29) is 48.1 Å². The van der Waals surface area contributed by atoms with Gasteiger partial charge < -0.3 is 43.1 Å². The van der Waals surface area contributed by atoms with Gasteiger partial charge in [0.15, 0.2) is 17.0 Å². The molecule has 0 aliphatic heterocycles. The summed E-state index contributed by atoms with van der Waals surface area (Å²) in [6.07, 6.45) is 4.72. The van der Waals surface area contributed by atoms with E-state index in [1.54, 1.807) is 18.3 Å². The second kappa shape index (κ2) is 18.1. The molecule has 11 N–H and O–H groups in total. The molecule has 3 aromatic rings. The number of hydrogen-bond acceptors (Lipinski definition) is 11. The van der Waals surface area contributed by atoms with Gasteiger partial charge in [-0.15, -0.1) is 12.4 Å². The topological polar surface area (TPSA) is 268 Å². The highest BCUT2D eigenvalue weighted by molar-refractivity contribution is 5.97. The Morgan fingerprint density at radius 2 is 1.71 bits per heavy atom. The number of fused-ring (bicyclic) bond motifs is 1. The third kappa shape index (κ3) is 11.7. The molecule has 0 aliphatic carbocycles. The first-order valence-electron chi connectivity index (χ1n) is 12.4. The maximum Gasteiger partial charge on any atom is 0.326 e. The Hall–Kier alpha value is -4.34. The second-order valence-corrected chi connectivity index (χ2v) is 8.70. The molecule has 2 heterocycles. The SMILES string of the molecule is CCCCCN.CN(Cc1cnc2nc(N)nc(N)c2n1)c1ccc(C(=O)N[C@@H](CCC(=O)O)C(=O)O)cc1.Cl.O. The van der Waals surface area contributed by atoms with Gasteiger partial charge in [-0.1, -0.05) is 19.8 Å².